The van der Waals surface area contributed by atoms with E-state index >= 15 is 0 Å². The first kappa shape index (κ1) is 17.0. The third-order valence-electron chi connectivity index (χ3n) is 4.29. The zero-order valence-electron chi connectivity index (χ0n) is 13.8. The van der Waals surface area contributed by atoms with E-state index in [2.05, 4.69) is 0 Å². The summed E-state index contributed by atoms with van der Waals surface area (Å²) in [6, 6.07) is 6.29. The third kappa shape index (κ3) is 3.63. The molecule has 0 aliphatic carbocycles. The molecule has 5 nitrogen and oxygen atoms in total. The van der Waals surface area contributed by atoms with Crippen LogP contribution in [-0.2, 0) is 11.2 Å². The van der Waals surface area contributed by atoms with Gasteiger partial charge in [-0.3, -0.25) is 9.59 Å². The molecule has 1 amide bonds. The van der Waals surface area contributed by atoms with Crippen molar-refractivity contribution >= 4 is 17.4 Å². The summed E-state index contributed by atoms with van der Waals surface area (Å²) >= 11 is 0. The third-order valence-corrected chi connectivity index (χ3v) is 4.29. The molecule has 25 heavy (non-hydrogen) atoms. The molecule has 0 bridgehead atoms. The second-order valence-electron chi connectivity index (χ2n) is 6.02. The number of nitrogens with zero attached hydrogens (tertiary/aromatic N) is 1. The number of aryl methyl sites for hydroxylation is 1. The predicted molar refractivity (Wildman–Crippen MR) is 89.7 cm³/mol. The highest BCUT2D eigenvalue weighted by molar-refractivity contribution is 5.98. The number of hydrogen-bond donors (Lipinski definition) is 1. The summed E-state index contributed by atoms with van der Waals surface area (Å²) in [5.74, 6) is -1.36. The van der Waals surface area contributed by atoms with Crippen LogP contribution >= 0.6 is 0 Å². The number of furan rings is 1. The van der Waals surface area contributed by atoms with E-state index in [9.17, 15) is 14.0 Å². The van der Waals surface area contributed by atoms with Crippen molar-refractivity contribution in [3.63, 3.8) is 0 Å². The normalized spacial score (nSPS) is 14.3. The fraction of sp³-hybridized carbons (Fsp3) is 0.263. The molecule has 0 saturated heterocycles. The lowest BCUT2D eigenvalue weighted by Crippen LogP contribution is -2.35. The summed E-state index contributed by atoms with van der Waals surface area (Å²) in [6.07, 6.45) is 3.69. The van der Waals surface area contributed by atoms with Crippen LogP contribution in [-0.4, -0.2) is 35.0 Å². The van der Waals surface area contributed by atoms with Crippen LogP contribution in [0.2, 0.25) is 0 Å². The first-order chi connectivity index (χ1) is 12.0. The topological polar surface area (TPSA) is 70.7 Å². The van der Waals surface area contributed by atoms with Crippen molar-refractivity contribution in [1.82, 2.24) is 4.90 Å². The van der Waals surface area contributed by atoms with Crippen LogP contribution in [0, 0.1) is 12.7 Å². The number of carboxylic acids is 1. The van der Waals surface area contributed by atoms with Crippen LogP contribution in [0.1, 0.15) is 33.7 Å². The largest absolute Gasteiger partial charge is 0.481 e. The van der Waals surface area contributed by atoms with Gasteiger partial charge in [-0.05, 0) is 36.6 Å². The Morgan fingerprint density at radius 3 is 2.60 bits per heavy atom. The molecule has 0 radical (unpaired) electrons. The molecule has 1 aliphatic heterocycles. The minimum atomic E-state index is -1.04. The Bertz CT molecular complexity index is 836. The van der Waals surface area contributed by atoms with Gasteiger partial charge in [0.2, 0.25) is 0 Å². The van der Waals surface area contributed by atoms with Crippen LogP contribution < -0.4 is 0 Å². The molecule has 0 atom stereocenters. The fourth-order valence-electron chi connectivity index (χ4n) is 2.99. The van der Waals surface area contributed by atoms with E-state index in [1.165, 1.54) is 18.4 Å². The van der Waals surface area contributed by atoms with Crippen molar-refractivity contribution in [1.29, 1.82) is 0 Å². The van der Waals surface area contributed by atoms with Crippen molar-refractivity contribution < 1.29 is 23.5 Å². The molecule has 2 heterocycles. The van der Waals surface area contributed by atoms with Gasteiger partial charge in [0.05, 0.1) is 11.8 Å². The van der Waals surface area contributed by atoms with Gasteiger partial charge in [0, 0.05) is 18.7 Å². The standard InChI is InChI=1S/C19H18FNO4/c1-12-11-25-16(10-17(22)23)18(12)19(24)21-8-6-14(7-9-21)13-2-4-15(20)5-3-13/h2-6,11H,7-10H2,1H3,(H,22,23). The molecule has 0 unspecified atom stereocenters. The summed E-state index contributed by atoms with van der Waals surface area (Å²) < 4.78 is 18.3. The first-order valence-corrected chi connectivity index (χ1v) is 7.98. The van der Waals surface area contributed by atoms with Gasteiger partial charge in [0.25, 0.3) is 5.91 Å². The zero-order valence-corrected chi connectivity index (χ0v) is 13.8. The number of halogens is 1. The maximum absolute atomic E-state index is 13.0. The number of aliphatic carboxylic acids is 1. The molecule has 2 aromatic rings. The number of amides is 1. The lowest BCUT2D eigenvalue weighted by molar-refractivity contribution is -0.136. The number of carbonyl (C=O) groups excluding carboxylic acids is 1. The molecule has 6 heteroatoms. The van der Waals surface area contributed by atoms with Crippen molar-refractivity contribution in [2.45, 2.75) is 19.8 Å². The number of carbonyl (C=O) groups is 2. The Kier molecular flexibility index (Phi) is 4.70. The molecule has 1 aromatic carbocycles. The predicted octanol–water partition coefficient (Wildman–Crippen LogP) is 3.28. The van der Waals surface area contributed by atoms with Crippen molar-refractivity contribution in [2.24, 2.45) is 0 Å². The molecular weight excluding hydrogens is 325 g/mol. The average Bonchev–Trinajstić information content (AvgIpc) is 2.95. The maximum Gasteiger partial charge on any atom is 0.311 e. The average molecular weight is 343 g/mol. The lowest BCUT2D eigenvalue weighted by Gasteiger charge is -2.27. The van der Waals surface area contributed by atoms with E-state index in [0.29, 0.717) is 30.6 Å². The van der Waals surface area contributed by atoms with Crippen LogP contribution in [0.5, 0.6) is 0 Å². The first-order valence-electron chi connectivity index (χ1n) is 7.98. The second-order valence-corrected chi connectivity index (χ2v) is 6.02. The van der Waals surface area contributed by atoms with Gasteiger partial charge < -0.3 is 14.4 Å². The quantitative estimate of drug-likeness (QED) is 0.925. The molecular formula is C19H18FNO4. The molecule has 1 N–H and O–H groups in total. The van der Waals surface area contributed by atoms with E-state index in [1.807, 2.05) is 6.08 Å². The lowest BCUT2D eigenvalue weighted by atomic mass is 9.98. The van der Waals surface area contributed by atoms with Crippen molar-refractivity contribution in [3.05, 3.63) is 64.9 Å². The highest BCUT2D eigenvalue weighted by atomic mass is 19.1. The van der Waals surface area contributed by atoms with E-state index in [4.69, 9.17) is 9.52 Å². The molecule has 0 fully saturated rings. The van der Waals surface area contributed by atoms with Gasteiger partial charge in [0.15, 0.2) is 0 Å². The molecule has 1 aliphatic rings. The number of rotatable bonds is 4. The molecule has 130 valence electrons. The van der Waals surface area contributed by atoms with Gasteiger partial charge in [-0.1, -0.05) is 18.2 Å². The Balaban J connectivity index is 1.76. The van der Waals surface area contributed by atoms with E-state index in [1.54, 1.807) is 24.0 Å². The Morgan fingerprint density at radius 2 is 2.00 bits per heavy atom. The SMILES string of the molecule is Cc1coc(CC(=O)O)c1C(=O)N1CC=C(c2ccc(F)cc2)CC1. The summed E-state index contributed by atoms with van der Waals surface area (Å²) in [5, 5.41) is 8.95. The van der Waals surface area contributed by atoms with Crippen molar-refractivity contribution in [3.8, 4) is 0 Å². The maximum atomic E-state index is 13.0. The molecule has 0 spiro atoms. The van der Waals surface area contributed by atoms with Gasteiger partial charge in [-0.2, -0.15) is 0 Å². The summed E-state index contributed by atoms with van der Waals surface area (Å²) in [6.45, 7) is 2.66. The van der Waals surface area contributed by atoms with Gasteiger partial charge in [-0.25, -0.2) is 4.39 Å². The van der Waals surface area contributed by atoms with Crippen LogP contribution in [0.4, 0.5) is 4.39 Å². The summed E-state index contributed by atoms with van der Waals surface area (Å²) in [7, 11) is 0. The Hall–Kier alpha value is -2.89. The van der Waals surface area contributed by atoms with Crippen LogP contribution in [0.15, 0.2) is 41.0 Å². The smallest absolute Gasteiger partial charge is 0.311 e. The fourth-order valence-corrected chi connectivity index (χ4v) is 2.99. The van der Waals surface area contributed by atoms with Gasteiger partial charge in [-0.15, -0.1) is 0 Å². The number of benzene rings is 1. The number of hydrogen-bond acceptors (Lipinski definition) is 3. The van der Waals surface area contributed by atoms with Crippen LogP contribution in [0.25, 0.3) is 5.57 Å². The van der Waals surface area contributed by atoms with E-state index in [0.717, 1.165) is 11.1 Å². The summed E-state index contributed by atoms with van der Waals surface area (Å²) in [4.78, 5) is 25.4. The summed E-state index contributed by atoms with van der Waals surface area (Å²) in [5.41, 5.74) is 2.98. The second kappa shape index (κ2) is 6.93. The number of carboxylic acid groups (broad SMARTS) is 1. The monoisotopic (exact) mass is 343 g/mol. The van der Waals surface area contributed by atoms with E-state index < -0.39 is 5.97 Å². The van der Waals surface area contributed by atoms with Crippen molar-refractivity contribution in [2.75, 3.05) is 13.1 Å². The Morgan fingerprint density at radius 1 is 1.28 bits per heavy atom. The van der Waals surface area contributed by atoms with Gasteiger partial charge in [0.1, 0.15) is 18.0 Å². The van der Waals surface area contributed by atoms with E-state index in [-0.39, 0.29) is 23.9 Å². The highest BCUT2D eigenvalue weighted by Crippen LogP contribution is 2.25. The molecule has 3 rings (SSSR count). The molecule has 0 saturated carbocycles. The highest BCUT2D eigenvalue weighted by Gasteiger charge is 2.26. The Labute approximate surface area is 144 Å². The van der Waals surface area contributed by atoms with Crippen LogP contribution in [0.3, 0.4) is 0 Å². The minimum Gasteiger partial charge on any atom is -0.481 e. The minimum absolute atomic E-state index is 0.184. The zero-order chi connectivity index (χ0) is 18.0. The molecule has 1 aromatic heterocycles. The van der Waals surface area contributed by atoms with Gasteiger partial charge >= 0.3 is 5.97 Å².